The van der Waals surface area contributed by atoms with Gasteiger partial charge in [0.1, 0.15) is 0 Å². The van der Waals surface area contributed by atoms with Crippen LogP contribution in [-0.4, -0.2) is 23.6 Å². The summed E-state index contributed by atoms with van der Waals surface area (Å²) in [4.78, 5) is 12.6. The predicted molar refractivity (Wildman–Crippen MR) is 82.8 cm³/mol. The standard InChI is InChI=1S/C14H20N4S/c1-6-18(13-11(4)19-8-12(13)15-5)14-16-9(2)7-10(3)17-14/h7-8,15H,6H2,1-5H3. The lowest BCUT2D eigenvalue weighted by molar-refractivity contribution is 0.920. The van der Waals surface area contributed by atoms with E-state index in [4.69, 9.17) is 0 Å². The maximum absolute atomic E-state index is 4.57. The van der Waals surface area contributed by atoms with Gasteiger partial charge in [0.05, 0.1) is 11.4 Å². The summed E-state index contributed by atoms with van der Waals surface area (Å²) in [6, 6.07) is 2.00. The van der Waals surface area contributed by atoms with Gasteiger partial charge in [-0.15, -0.1) is 11.3 Å². The van der Waals surface area contributed by atoms with E-state index in [-0.39, 0.29) is 0 Å². The molecule has 0 atom stereocenters. The van der Waals surface area contributed by atoms with E-state index in [9.17, 15) is 0 Å². The second-order valence-electron chi connectivity index (χ2n) is 4.50. The molecule has 0 spiro atoms. The van der Waals surface area contributed by atoms with E-state index < -0.39 is 0 Å². The van der Waals surface area contributed by atoms with Gasteiger partial charge in [0.25, 0.3) is 0 Å². The Kier molecular flexibility index (Phi) is 4.04. The highest BCUT2D eigenvalue weighted by molar-refractivity contribution is 7.11. The summed E-state index contributed by atoms with van der Waals surface area (Å²) in [5, 5.41) is 5.38. The van der Waals surface area contributed by atoms with Crippen LogP contribution in [0.3, 0.4) is 0 Å². The van der Waals surface area contributed by atoms with Crippen molar-refractivity contribution in [3.05, 3.63) is 27.7 Å². The van der Waals surface area contributed by atoms with Crippen LogP contribution in [0.2, 0.25) is 0 Å². The molecule has 0 bridgehead atoms. The third kappa shape index (κ3) is 2.71. The van der Waals surface area contributed by atoms with Crippen molar-refractivity contribution in [2.75, 3.05) is 23.8 Å². The number of hydrogen-bond donors (Lipinski definition) is 1. The summed E-state index contributed by atoms with van der Waals surface area (Å²) in [6.07, 6.45) is 0. The summed E-state index contributed by atoms with van der Waals surface area (Å²) in [5.74, 6) is 0.776. The summed E-state index contributed by atoms with van der Waals surface area (Å²) < 4.78 is 0. The van der Waals surface area contributed by atoms with Crippen molar-refractivity contribution in [1.29, 1.82) is 0 Å². The second kappa shape index (κ2) is 5.57. The van der Waals surface area contributed by atoms with Crippen LogP contribution in [0.1, 0.15) is 23.2 Å². The zero-order chi connectivity index (χ0) is 14.0. The first-order valence-electron chi connectivity index (χ1n) is 6.42. The average molecular weight is 276 g/mol. The average Bonchev–Trinajstić information content (AvgIpc) is 2.71. The van der Waals surface area contributed by atoms with Crippen molar-refractivity contribution in [3.63, 3.8) is 0 Å². The third-order valence-corrected chi connectivity index (χ3v) is 3.91. The number of anilines is 3. The molecule has 0 aliphatic carbocycles. The first-order chi connectivity index (χ1) is 9.06. The van der Waals surface area contributed by atoms with Gasteiger partial charge in [0.2, 0.25) is 5.95 Å². The molecule has 0 saturated carbocycles. The SMILES string of the molecule is CCN(c1nc(C)cc(C)n1)c1c(NC)csc1C. The Morgan fingerprint density at radius 1 is 1.21 bits per heavy atom. The van der Waals surface area contributed by atoms with Crippen molar-refractivity contribution in [1.82, 2.24) is 9.97 Å². The summed E-state index contributed by atoms with van der Waals surface area (Å²) in [7, 11) is 1.95. The molecule has 0 radical (unpaired) electrons. The molecule has 0 fully saturated rings. The fourth-order valence-electron chi connectivity index (χ4n) is 2.19. The van der Waals surface area contributed by atoms with Crippen LogP contribution in [0.15, 0.2) is 11.4 Å². The minimum atomic E-state index is 0.776. The minimum absolute atomic E-state index is 0.776. The predicted octanol–water partition coefficient (Wildman–Crippen LogP) is 3.66. The molecule has 2 rings (SSSR count). The van der Waals surface area contributed by atoms with E-state index in [2.05, 4.69) is 39.4 Å². The minimum Gasteiger partial charge on any atom is -0.386 e. The molecule has 0 aliphatic rings. The van der Waals surface area contributed by atoms with Crippen LogP contribution in [0.5, 0.6) is 0 Å². The molecule has 102 valence electrons. The Labute approximate surface area is 118 Å². The molecule has 0 amide bonds. The van der Waals surface area contributed by atoms with Crippen molar-refractivity contribution in [2.45, 2.75) is 27.7 Å². The molecular weight excluding hydrogens is 256 g/mol. The number of thiophene rings is 1. The van der Waals surface area contributed by atoms with Crippen LogP contribution < -0.4 is 10.2 Å². The van der Waals surface area contributed by atoms with Crippen LogP contribution >= 0.6 is 11.3 Å². The van der Waals surface area contributed by atoms with Gasteiger partial charge in [-0.3, -0.25) is 0 Å². The van der Waals surface area contributed by atoms with Crippen LogP contribution in [0.25, 0.3) is 0 Å². The molecule has 4 nitrogen and oxygen atoms in total. The van der Waals surface area contributed by atoms with E-state index in [0.29, 0.717) is 0 Å². The lowest BCUT2D eigenvalue weighted by atomic mass is 10.3. The van der Waals surface area contributed by atoms with Gasteiger partial charge in [-0.25, -0.2) is 9.97 Å². The van der Waals surface area contributed by atoms with Crippen LogP contribution in [0.4, 0.5) is 17.3 Å². The van der Waals surface area contributed by atoms with Gasteiger partial charge in [0.15, 0.2) is 0 Å². The summed E-state index contributed by atoms with van der Waals surface area (Å²) in [5.41, 5.74) is 4.31. The van der Waals surface area contributed by atoms with E-state index >= 15 is 0 Å². The fourth-order valence-corrected chi connectivity index (χ4v) is 3.04. The molecule has 0 saturated heterocycles. The van der Waals surface area contributed by atoms with E-state index in [0.717, 1.165) is 29.6 Å². The molecule has 1 N–H and O–H groups in total. The van der Waals surface area contributed by atoms with Gasteiger partial charge in [-0.05, 0) is 33.8 Å². The van der Waals surface area contributed by atoms with E-state index in [1.54, 1.807) is 11.3 Å². The molecule has 2 aromatic heterocycles. The molecular formula is C14H20N4S. The van der Waals surface area contributed by atoms with Crippen LogP contribution in [-0.2, 0) is 0 Å². The smallest absolute Gasteiger partial charge is 0.230 e. The van der Waals surface area contributed by atoms with Gasteiger partial charge in [0, 0.05) is 35.2 Å². The number of aryl methyl sites for hydroxylation is 3. The van der Waals surface area contributed by atoms with Crippen LogP contribution in [0, 0.1) is 20.8 Å². The molecule has 2 aromatic rings. The van der Waals surface area contributed by atoms with Crippen molar-refractivity contribution < 1.29 is 0 Å². The maximum atomic E-state index is 4.57. The van der Waals surface area contributed by atoms with Crippen molar-refractivity contribution >= 4 is 28.7 Å². The van der Waals surface area contributed by atoms with E-state index in [1.165, 1.54) is 10.6 Å². The lowest BCUT2D eigenvalue weighted by Gasteiger charge is -2.23. The normalized spacial score (nSPS) is 10.6. The Hall–Kier alpha value is -1.62. The Morgan fingerprint density at radius 2 is 1.84 bits per heavy atom. The first-order valence-corrected chi connectivity index (χ1v) is 7.30. The zero-order valence-electron chi connectivity index (χ0n) is 12.1. The topological polar surface area (TPSA) is 41.1 Å². The van der Waals surface area contributed by atoms with Crippen molar-refractivity contribution in [2.24, 2.45) is 0 Å². The summed E-state index contributed by atoms with van der Waals surface area (Å²) in [6.45, 7) is 9.11. The lowest BCUT2D eigenvalue weighted by Crippen LogP contribution is -2.20. The molecule has 0 unspecified atom stereocenters. The van der Waals surface area contributed by atoms with Crippen molar-refractivity contribution in [3.8, 4) is 0 Å². The highest BCUT2D eigenvalue weighted by atomic mass is 32.1. The second-order valence-corrected chi connectivity index (χ2v) is 5.58. The largest absolute Gasteiger partial charge is 0.386 e. The highest BCUT2D eigenvalue weighted by Gasteiger charge is 2.18. The fraction of sp³-hybridized carbons (Fsp3) is 0.429. The Morgan fingerprint density at radius 3 is 2.37 bits per heavy atom. The van der Waals surface area contributed by atoms with Gasteiger partial charge >= 0.3 is 0 Å². The Balaban J connectivity index is 2.52. The number of rotatable bonds is 4. The number of nitrogens with one attached hydrogen (secondary N) is 1. The molecule has 19 heavy (non-hydrogen) atoms. The Bertz CT molecular complexity index is 557. The van der Waals surface area contributed by atoms with Gasteiger partial charge < -0.3 is 10.2 Å². The maximum Gasteiger partial charge on any atom is 0.230 e. The number of nitrogens with zero attached hydrogens (tertiary/aromatic N) is 3. The molecule has 2 heterocycles. The van der Waals surface area contributed by atoms with Gasteiger partial charge in [-0.2, -0.15) is 0 Å². The number of aromatic nitrogens is 2. The molecule has 0 aliphatic heterocycles. The van der Waals surface area contributed by atoms with Gasteiger partial charge in [-0.1, -0.05) is 0 Å². The third-order valence-electron chi connectivity index (χ3n) is 3.01. The number of hydrogen-bond acceptors (Lipinski definition) is 5. The first kappa shape index (κ1) is 13.8. The molecule has 0 aromatic carbocycles. The van der Waals surface area contributed by atoms with E-state index in [1.807, 2.05) is 27.0 Å². The molecule has 5 heteroatoms. The monoisotopic (exact) mass is 276 g/mol. The quantitative estimate of drug-likeness (QED) is 0.925. The summed E-state index contributed by atoms with van der Waals surface area (Å²) >= 11 is 1.74. The zero-order valence-corrected chi connectivity index (χ0v) is 12.9. The highest BCUT2D eigenvalue weighted by Crippen LogP contribution is 2.37.